The van der Waals surface area contributed by atoms with Crippen molar-refractivity contribution in [2.75, 3.05) is 5.32 Å². The largest absolute Gasteiger partial charge is 0.478 e. The first kappa shape index (κ1) is 16.5. The van der Waals surface area contributed by atoms with Crippen LogP contribution in [-0.2, 0) is 11.2 Å². The molecule has 0 aliphatic carbocycles. The summed E-state index contributed by atoms with van der Waals surface area (Å²) < 4.78 is 0. The van der Waals surface area contributed by atoms with E-state index in [2.05, 4.69) is 5.32 Å². The van der Waals surface area contributed by atoms with Crippen LogP contribution in [0.1, 0.15) is 32.8 Å². The molecule has 4 nitrogen and oxygen atoms in total. The van der Waals surface area contributed by atoms with Gasteiger partial charge in [-0.3, -0.25) is 4.79 Å². The summed E-state index contributed by atoms with van der Waals surface area (Å²) in [6.45, 7) is 3.58. The first-order valence-corrected chi connectivity index (χ1v) is 8.00. The molecule has 0 atom stereocenters. The summed E-state index contributed by atoms with van der Waals surface area (Å²) in [5.41, 5.74) is 2.26. The molecule has 0 fully saturated rings. The monoisotopic (exact) mass is 337 g/mol. The molecule has 0 aliphatic heterocycles. The number of hydrogen-bond acceptors (Lipinski definition) is 3. The Labute approximate surface area is 137 Å². The van der Waals surface area contributed by atoms with Crippen molar-refractivity contribution in [2.45, 2.75) is 26.7 Å². The Morgan fingerprint density at radius 3 is 2.55 bits per heavy atom. The minimum atomic E-state index is -0.999. The highest BCUT2D eigenvalue weighted by atomic mass is 35.5. The van der Waals surface area contributed by atoms with Crippen molar-refractivity contribution in [3.8, 4) is 0 Å². The minimum Gasteiger partial charge on any atom is -0.478 e. The normalized spacial score (nSPS) is 10.5. The van der Waals surface area contributed by atoms with Gasteiger partial charge in [0.1, 0.15) is 0 Å². The summed E-state index contributed by atoms with van der Waals surface area (Å²) in [5, 5.41) is 14.4. The maximum Gasteiger partial charge on any atom is 0.336 e. The first-order valence-electron chi connectivity index (χ1n) is 6.74. The number of nitrogens with one attached hydrogen (secondary N) is 1. The zero-order chi connectivity index (χ0) is 16.3. The molecule has 116 valence electrons. The number of carboxylic acid groups (broad SMARTS) is 1. The van der Waals surface area contributed by atoms with Crippen LogP contribution in [0, 0.1) is 13.8 Å². The molecule has 0 saturated heterocycles. The molecular formula is C16H16ClNO3S. The van der Waals surface area contributed by atoms with E-state index in [1.165, 1.54) is 17.4 Å². The van der Waals surface area contributed by atoms with E-state index in [1.54, 1.807) is 13.0 Å². The zero-order valence-electron chi connectivity index (χ0n) is 12.3. The first-order chi connectivity index (χ1) is 10.4. The number of carboxylic acids is 1. The van der Waals surface area contributed by atoms with Crippen LogP contribution >= 0.6 is 22.9 Å². The van der Waals surface area contributed by atoms with Gasteiger partial charge in [-0.25, -0.2) is 4.79 Å². The number of amides is 1. The van der Waals surface area contributed by atoms with Gasteiger partial charge in [0.15, 0.2) is 0 Å². The van der Waals surface area contributed by atoms with Crippen molar-refractivity contribution in [3.05, 3.63) is 50.2 Å². The smallest absolute Gasteiger partial charge is 0.336 e. The summed E-state index contributed by atoms with van der Waals surface area (Å²) in [5.74, 6) is -1.14. The fourth-order valence-corrected chi connectivity index (χ4v) is 3.23. The lowest BCUT2D eigenvalue weighted by Crippen LogP contribution is -2.14. The van der Waals surface area contributed by atoms with Gasteiger partial charge in [-0.15, -0.1) is 11.3 Å². The van der Waals surface area contributed by atoms with Crippen molar-refractivity contribution in [3.63, 3.8) is 0 Å². The Balaban J connectivity index is 2.04. The summed E-state index contributed by atoms with van der Waals surface area (Å²) in [6, 6.07) is 5.12. The quantitative estimate of drug-likeness (QED) is 0.855. The van der Waals surface area contributed by atoms with Crippen molar-refractivity contribution in [1.82, 2.24) is 0 Å². The number of benzene rings is 1. The van der Waals surface area contributed by atoms with Crippen molar-refractivity contribution < 1.29 is 14.7 Å². The predicted molar refractivity (Wildman–Crippen MR) is 89.2 cm³/mol. The van der Waals surface area contributed by atoms with Crippen LogP contribution in [0.2, 0.25) is 5.02 Å². The molecule has 0 spiro atoms. The van der Waals surface area contributed by atoms with Crippen molar-refractivity contribution in [2.24, 2.45) is 0 Å². The van der Waals surface area contributed by atoms with E-state index in [4.69, 9.17) is 16.7 Å². The molecule has 2 N–H and O–H groups in total. The predicted octanol–water partition coefficient (Wildman–Crippen LogP) is 4.29. The van der Waals surface area contributed by atoms with Crippen LogP contribution < -0.4 is 5.32 Å². The minimum absolute atomic E-state index is 0.146. The zero-order valence-corrected chi connectivity index (χ0v) is 13.8. The second-order valence-corrected chi connectivity index (χ2v) is 6.50. The summed E-state index contributed by atoms with van der Waals surface area (Å²) in [4.78, 5) is 24.2. The average Bonchev–Trinajstić information content (AvgIpc) is 2.85. The number of aryl methyl sites for hydroxylation is 3. The fourth-order valence-electron chi connectivity index (χ4n) is 2.15. The molecule has 0 saturated carbocycles. The van der Waals surface area contributed by atoms with Gasteiger partial charge < -0.3 is 10.4 Å². The summed E-state index contributed by atoms with van der Waals surface area (Å²) in [6.07, 6.45) is 0.937. The number of aromatic carboxylic acids is 1. The molecule has 1 aromatic carbocycles. The van der Waals surface area contributed by atoms with E-state index in [-0.39, 0.29) is 11.5 Å². The standard InChI is InChI=1S/C16H16ClNO3S/c1-9-5-10(2)14(7-13(9)16(20)21)18-15(19)4-3-12-6-11(17)8-22-12/h5-8H,3-4H2,1-2H3,(H,18,19)(H,20,21). The Morgan fingerprint density at radius 1 is 1.23 bits per heavy atom. The van der Waals surface area contributed by atoms with Gasteiger partial charge in [0.2, 0.25) is 5.91 Å². The molecule has 1 heterocycles. The van der Waals surface area contributed by atoms with Gasteiger partial charge in [0, 0.05) is 22.4 Å². The Kier molecular flexibility index (Phi) is 5.21. The number of thiophene rings is 1. The van der Waals surface area contributed by atoms with Crippen LogP contribution in [0.4, 0.5) is 5.69 Å². The van der Waals surface area contributed by atoms with E-state index >= 15 is 0 Å². The van der Waals surface area contributed by atoms with Crippen LogP contribution in [0.3, 0.4) is 0 Å². The van der Waals surface area contributed by atoms with E-state index < -0.39 is 5.97 Å². The Bertz CT molecular complexity index is 724. The molecule has 0 unspecified atom stereocenters. The number of halogens is 1. The number of carbonyl (C=O) groups is 2. The number of rotatable bonds is 5. The highest BCUT2D eigenvalue weighted by Crippen LogP contribution is 2.23. The maximum absolute atomic E-state index is 12.0. The van der Waals surface area contributed by atoms with Crippen molar-refractivity contribution in [1.29, 1.82) is 0 Å². The van der Waals surface area contributed by atoms with E-state index in [9.17, 15) is 9.59 Å². The Morgan fingerprint density at radius 2 is 1.95 bits per heavy atom. The highest BCUT2D eigenvalue weighted by Gasteiger charge is 2.12. The van der Waals surface area contributed by atoms with Crippen LogP contribution in [0.25, 0.3) is 0 Å². The van der Waals surface area contributed by atoms with E-state index in [0.717, 1.165) is 10.4 Å². The van der Waals surface area contributed by atoms with Gasteiger partial charge in [-0.1, -0.05) is 17.7 Å². The number of hydrogen-bond donors (Lipinski definition) is 2. The lowest BCUT2D eigenvalue weighted by molar-refractivity contribution is -0.116. The molecule has 1 aromatic heterocycles. The number of carbonyl (C=O) groups excluding carboxylic acids is 1. The van der Waals surface area contributed by atoms with Gasteiger partial charge in [0.05, 0.1) is 10.6 Å². The van der Waals surface area contributed by atoms with Crippen LogP contribution in [0.5, 0.6) is 0 Å². The third-order valence-electron chi connectivity index (χ3n) is 3.30. The molecule has 2 aromatic rings. The Hall–Kier alpha value is -1.85. The molecule has 6 heteroatoms. The third-order valence-corrected chi connectivity index (χ3v) is 4.64. The lowest BCUT2D eigenvalue weighted by Gasteiger charge is -2.11. The molecule has 0 bridgehead atoms. The molecule has 0 aliphatic rings. The van der Waals surface area contributed by atoms with Gasteiger partial charge in [-0.2, -0.15) is 0 Å². The highest BCUT2D eigenvalue weighted by molar-refractivity contribution is 7.10. The second-order valence-electron chi connectivity index (χ2n) is 5.07. The number of anilines is 1. The molecule has 1 amide bonds. The molecular weight excluding hydrogens is 322 g/mol. The molecule has 22 heavy (non-hydrogen) atoms. The van der Waals surface area contributed by atoms with E-state index in [1.807, 2.05) is 18.4 Å². The van der Waals surface area contributed by atoms with Gasteiger partial charge in [-0.05, 0) is 43.5 Å². The fraction of sp³-hybridized carbons (Fsp3) is 0.250. The van der Waals surface area contributed by atoms with Gasteiger partial charge in [0.25, 0.3) is 0 Å². The van der Waals surface area contributed by atoms with Gasteiger partial charge >= 0.3 is 5.97 Å². The lowest BCUT2D eigenvalue weighted by atomic mass is 10.0. The van der Waals surface area contributed by atoms with Crippen LogP contribution in [-0.4, -0.2) is 17.0 Å². The topological polar surface area (TPSA) is 66.4 Å². The summed E-state index contributed by atoms with van der Waals surface area (Å²) in [7, 11) is 0. The molecule has 0 radical (unpaired) electrons. The third kappa shape index (κ3) is 4.08. The summed E-state index contributed by atoms with van der Waals surface area (Å²) >= 11 is 7.36. The average molecular weight is 338 g/mol. The van der Waals surface area contributed by atoms with Crippen molar-refractivity contribution >= 4 is 40.5 Å². The second kappa shape index (κ2) is 6.94. The van der Waals surface area contributed by atoms with E-state index in [0.29, 0.717) is 29.1 Å². The maximum atomic E-state index is 12.0. The van der Waals surface area contributed by atoms with Crippen LogP contribution in [0.15, 0.2) is 23.6 Å². The SMILES string of the molecule is Cc1cc(C)c(C(=O)O)cc1NC(=O)CCc1cc(Cl)cs1. The molecule has 2 rings (SSSR count).